The summed E-state index contributed by atoms with van der Waals surface area (Å²) in [6.07, 6.45) is 11.0. The van der Waals surface area contributed by atoms with Gasteiger partial charge < -0.3 is 4.90 Å². The lowest BCUT2D eigenvalue weighted by atomic mass is 10.1. The highest BCUT2D eigenvalue weighted by atomic mass is 19.1. The molecule has 0 N–H and O–H groups in total. The summed E-state index contributed by atoms with van der Waals surface area (Å²) < 4.78 is 14.0. The minimum Gasteiger partial charge on any atom is -0.348 e. The molecule has 1 aliphatic rings. The van der Waals surface area contributed by atoms with E-state index in [0.29, 0.717) is 6.54 Å². The fraction of sp³-hybridized carbons (Fsp3) is 0.238. The Labute approximate surface area is 162 Å². The van der Waals surface area contributed by atoms with Crippen molar-refractivity contribution in [3.63, 3.8) is 0 Å². The molecule has 0 aromatic carbocycles. The van der Waals surface area contributed by atoms with Crippen LogP contribution in [0.4, 0.5) is 10.2 Å². The van der Waals surface area contributed by atoms with Crippen LogP contribution >= 0.6 is 0 Å². The van der Waals surface area contributed by atoms with E-state index in [0.717, 1.165) is 47.1 Å². The molecule has 0 aliphatic carbocycles. The topological polar surface area (TPSA) is 59.2 Å². The number of imidazole rings is 1. The zero-order valence-electron chi connectivity index (χ0n) is 15.7. The van der Waals surface area contributed by atoms with Gasteiger partial charge in [0.2, 0.25) is 0 Å². The molecule has 4 heterocycles. The van der Waals surface area contributed by atoms with Gasteiger partial charge in [-0.3, -0.25) is 4.98 Å². The van der Waals surface area contributed by atoms with Gasteiger partial charge in [-0.25, -0.2) is 18.9 Å². The lowest BCUT2D eigenvalue weighted by Gasteiger charge is -2.29. The van der Waals surface area contributed by atoms with Crippen molar-refractivity contribution in [1.82, 2.24) is 24.6 Å². The molecule has 0 amide bonds. The number of fused-ring (bicyclic) bond motifs is 2. The van der Waals surface area contributed by atoms with Gasteiger partial charge in [0.05, 0.1) is 12.2 Å². The number of alkyl halides is 1. The summed E-state index contributed by atoms with van der Waals surface area (Å²) in [4.78, 5) is 16.0. The Hall–Kier alpha value is -3.35. The van der Waals surface area contributed by atoms with Crippen molar-refractivity contribution in [1.29, 1.82) is 0 Å². The van der Waals surface area contributed by atoms with Crippen LogP contribution in [-0.2, 0) is 13.0 Å². The average Bonchev–Trinajstić information content (AvgIpc) is 3.08. The van der Waals surface area contributed by atoms with Crippen LogP contribution in [0.1, 0.15) is 22.8 Å². The number of rotatable bonds is 5. The Morgan fingerprint density at radius 3 is 3.07 bits per heavy atom. The maximum Gasteiger partial charge on any atom is 0.159 e. The molecule has 28 heavy (non-hydrogen) atoms. The van der Waals surface area contributed by atoms with Gasteiger partial charge in [0, 0.05) is 12.7 Å². The summed E-state index contributed by atoms with van der Waals surface area (Å²) in [6.45, 7) is 7.07. The number of hydrogen-bond donors (Lipinski definition) is 0. The second-order valence-corrected chi connectivity index (χ2v) is 6.60. The van der Waals surface area contributed by atoms with E-state index in [-0.39, 0.29) is 0 Å². The predicted molar refractivity (Wildman–Crippen MR) is 108 cm³/mol. The Kier molecular flexibility index (Phi) is 4.97. The monoisotopic (exact) mass is 376 g/mol. The molecule has 3 aromatic rings. The molecule has 0 spiro atoms. The Morgan fingerprint density at radius 2 is 2.21 bits per heavy atom. The van der Waals surface area contributed by atoms with Crippen molar-refractivity contribution >= 4 is 16.9 Å². The van der Waals surface area contributed by atoms with E-state index < -0.39 is 6.67 Å². The van der Waals surface area contributed by atoms with Crippen molar-refractivity contribution in [3.05, 3.63) is 78.3 Å². The van der Waals surface area contributed by atoms with Crippen LogP contribution in [0, 0.1) is 6.92 Å². The Balaban J connectivity index is 1.75. The highest BCUT2D eigenvalue weighted by Crippen LogP contribution is 2.30. The van der Waals surface area contributed by atoms with Gasteiger partial charge in [-0.15, -0.1) is 0 Å². The number of halogens is 1. The van der Waals surface area contributed by atoms with Crippen LogP contribution in [0.5, 0.6) is 0 Å². The van der Waals surface area contributed by atoms with Gasteiger partial charge in [-0.1, -0.05) is 36.9 Å². The molecule has 142 valence electrons. The van der Waals surface area contributed by atoms with Crippen molar-refractivity contribution in [2.75, 3.05) is 18.1 Å². The minimum atomic E-state index is -0.494. The molecule has 3 aromatic heterocycles. The first-order chi connectivity index (χ1) is 13.7. The Bertz CT molecular complexity index is 1080. The number of pyridine rings is 1. The first-order valence-electron chi connectivity index (χ1n) is 9.15. The molecule has 0 saturated heterocycles. The van der Waals surface area contributed by atoms with Gasteiger partial charge in [-0.2, -0.15) is 5.10 Å². The number of allylic oxidation sites excluding steroid dienone is 5. The van der Waals surface area contributed by atoms with Gasteiger partial charge >= 0.3 is 0 Å². The van der Waals surface area contributed by atoms with E-state index in [4.69, 9.17) is 0 Å². The van der Waals surface area contributed by atoms with E-state index in [2.05, 4.69) is 37.6 Å². The van der Waals surface area contributed by atoms with Gasteiger partial charge in [0.25, 0.3) is 0 Å². The van der Waals surface area contributed by atoms with Crippen molar-refractivity contribution in [2.45, 2.75) is 19.9 Å². The van der Waals surface area contributed by atoms with E-state index >= 15 is 0 Å². The third kappa shape index (κ3) is 3.31. The summed E-state index contributed by atoms with van der Waals surface area (Å²) in [5, 5.41) is 4.37. The number of hydrogen-bond acceptors (Lipinski definition) is 5. The highest BCUT2D eigenvalue weighted by molar-refractivity contribution is 5.87. The SMILES string of the molecule is C=C(/C=C\C=C/CF)c1nc(C)n2ncnc(N3CCc4cccnc4C3)c12. The normalized spacial score (nSPS) is 14.3. The van der Waals surface area contributed by atoms with E-state index in [9.17, 15) is 4.39 Å². The predicted octanol–water partition coefficient (Wildman–Crippen LogP) is 3.49. The van der Waals surface area contributed by atoms with Gasteiger partial charge in [0.1, 0.15) is 30.0 Å². The summed E-state index contributed by atoms with van der Waals surface area (Å²) in [5.74, 6) is 1.58. The van der Waals surface area contributed by atoms with Crippen LogP contribution < -0.4 is 4.90 Å². The quantitative estimate of drug-likeness (QED) is 0.638. The van der Waals surface area contributed by atoms with Crippen LogP contribution in [-0.4, -0.2) is 37.8 Å². The molecule has 6 nitrogen and oxygen atoms in total. The maximum absolute atomic E-state index is 12.2. The third-order valence-corrected chi connectivity index (χ3v) is 4.79. The smallest absolute Gasteiger partial charge is 0.159 e. The van der Waals surface area contributed by atoms with Crippen molar-refractivity contribution in [3.8, 4) is 0 Å². The maximum atomic E-state index is 12.2. The number of nitrogens with zero attached hydrogens (tertiary/aromatic N) is 6. The first kappa shape index (κ1) is 18.0. The van der Waals surface area contributed by atoms with Gasteiger partial charge in [-0.05, 0) is 30.5 Å². The number of aromatic nitrogens is 5. The molecule has 0 saturated carbocycles. The summed E-state index contributed by atoms with van der Waals surface area (Å²) >= 11 is 0. The summed E-state index contributed by atoms with van der Waals surface area (Å²) in [7, 11) is 0. The lowest BCUT2D eigenvalue weighted by Crippen LogP contribution is -2.32. The number of aryl methyl sites for hydroxylation is 1. The van der Waals surface area contributed by atoms with Crippen LogP contribution in [0.25, 0.3) is 11.1 Å². The summed E-state index contributed by atoms with van der Waals surface area (Å²) in [5.41, 5.74) is 4.62. The van der Waals surface area contributed by atoms with E-state index in [1.165, 1.54) is 11.6 Å². The van der Waals surface area contributed by atoms with Crippen LogP contribution in [0.15, 0.2) is 55.5 Å². The largest absolute Gasteiger partial charge is 0.348 e. The third-order valence-electron chi connectivity index (χ3n) is 4.79. The molecule has 0 radical (unpaired) electrons. The second-order valence-electron chi connectivity index (χ2n) is 6.60. The van der Waals surface area contributed by atoms with Crippen molar-refractivity contribution in [2.24, 2.45) is 0 Å². The van der Waals surface area contributed by atoms with Crippen LogP contribution in [0.2, 0.25) is 0 Å². The van der Waals surface area contributed by atoms with E-state index in [1.54, 1.807) is 23.0 Å². The molecule has 0 fully saturated rings. The molecular formula is C21H21FN6. The molecule has 0 unspecified atom stereocenters. The van der Waals surface area contributed by atoms with Gasteiger partial charge in [0.15, 0.2) is 5.82 Å². The highest BCUT2D eigenvalue weighted by Gasteiger charge is 2.23. The first-order valence-corrected chi connectivity index (χ1v) is 9.15. The zero-order chi connectivity index (χ0) is 19.5. The fourth-order valence-electron chi connectivity index (χ4n) is 3.43. The molecule has 0 bridgehead atoms. The molecule has 4 rings (SSSR count). The standard InChI is InChI=1S/C21H21FN6/c1-15(7-4-3-5-10-22)19-20-21(24-14-25-28(20)16(2)26-19)27-12-9-17-8-6-11-23-18(17)13-27/h3-8,11,14H,1,9-10,12-13H2,2H3/b5-3-,7-4-. The zero-order valence-corrected chi connectivity index (χ0v) is 15.7. The van der Waals surface area contributed by atoms with E-state index in [1.807, 2.05) is 25.3 Å². The molecule has 0 atom stereocenters. The Morgan fingerprint density at radius 1 is 1.32 bits per heavy atom. The molecule has 1 aliphatic heterocycles. The number of anilines is 1. The molecular weight excluding hydrogens is 355 g/mol. The summed E-state index contributed by atoms with van der Waals surface area (Å²) in [6, 6.07) is 4.10. The second kappa shape index (κ2) is 7.72. The minimum absolute atomic E-state index is 0.494. The lowest BCUT2D eigenvalue weighted by molar-refractivity contribution is 0.562. The molecule has 7 heteroatoms. The average molecular weight is 376 g/mol. The fourth-order valence-corrected chi connectivity index (χ4v) is 3.43. The van der Waals surface area contributed by atoms with Crippen LogP contribution in [0.3, 0.4) is 0 Å². The van der Waals surface area contributed by atoms with Crippen molar-refractivity contribution < 1.29 is 4.39 Å².